The molecule has 0 atom stereocenters. The Bertz CT molecular complexity index is 815. The normalized spacial score (nSPS) is 16.1. The number of anilines is 1. The number of hydrogen-bond donors (Lipinski definition) is 1. The molecule has 0 aromatic heterocycles. The first kappa shape index (κ1) is 16.6. The maximum atomic E-state index is 13.2. The van der Waals surface area contributed by atoms with Crippen LogP contribution >= 0.6 is 0 Å². The average molecular weight is 350 g/mol. The number of nitrogens with zero attached hydrogens (tertiary/aromatic N) is 1. The fourth-order valence-electron chi connectivity index (χ4n) is 3.40. The highest BCUT2D eigenvalue weighted by molar-refractivity contribution is 5.99. The molecule has 2 aromatic carbocycles. The molecule has 1 N–H and O–H groups in total. The number of carbonyl (C=O) groups is 2. The molecule has 134 valence electrons. The van der Waals surface area contributed by atoms with Crippen LogP contribution in [0.5, 0.6) is 5.75 Å². The van der Waals surface area contributed by atoms with E-state index >= 15 is 0 Å². The van der Waals surface area contributed by atoms with E-state index in [2.05, 4.69) is 5.32 Å². The molecule has 2 aliphatic rings. The van der Waals surface area contributed by atoms with Crippen molar-refractivity contribution in [1.82, 2.24) is 4.90 Å². The number of rotatable bonds is 5. The second-order valence-corrected chi connectivity index (χ2v) is 7.02. The van der Waals surface area contributed by atoms with Gasteiger partial charge in [-0.2, -0.15) is 0 Å². The molecule has 1 heterocycles. The Kier molecular flexibility index (Phi) is 4.61. The Morgan fingerprint density at radius 2 is 1.96 bits per heavy atom. The minimum Gasteiger partial charge on any atom is -0.482 e. The van der Waals surface area contributed by atoms with Gasteiger partial charge in [-0.05, 0) is 42.5 Å². The number of carbonyl (C=O) groups excluding carboxylic acids is 2. The quantitative estimate of drug-likeness (QED) is 0.898. The highest BCUT2D eigenvalue weighted by Crippen LogP contribution is 2.31. The molecule has 0 spiro atoms. The lowest BCUT2D eigenvalue weighted by Gasteiger charge is -2.33. The van der Waals surface area contributed by atoms with Gasteiger partial charge in [-0.1, -0.05) is 36.8 Å². The summed E-state index contributed by atoms with van der Waals surface area (Å²) in [6.45, 7) is 1.37. The molecule has 1 fully saturated rings. The van der Waals surface area contributed by atoms with Crippen LogP contribution in [0.25, 0.3) is 0 Å². The third-order valence-electron chi connectivity index (χ3n) is 5.07. The van der Waals surface area contributed by atoms with Gasteiger partial charge in [0.1, 0.15) is 5.75 Å². The lowest BCUT2D eigenvalue weighted by molar-refractivity contribution is -0.118. The molecule has 1 aliphatic heterocycles. The molecular formula is C21H22N2O3. The van der Waals surface area contributed by atoms with Crippen molar-refractivity contribution < 1.29 is 14.3 Å². The van der Waals surface area contributed by atoms with Gasteiger partial charge < -0.3 is 15.0 Å². The molecule has 1 aliphatic carbocycles. The Balaban J connectivity index is 1.56. The topological polar surface area (TPSA) is 58.6 Å². The summed E-state index contributed by atoms with van der Waals surface area (Å²) < 4.78 is 5.46. The minimum atomic E-state index is -0.174. The molecule has 5 nitrogen and oxygen atoms in total. The summed E-state index contributed by atoms with van der Waals surface area (Å²) in [6.07, 6.45) is 3.64. The first-order valence-corrected chi connectivity index (χ1v) is 9.09. The lowest BCUT2D eigenvalue weighted by atomic mass is 9.85. The van der Waals surface area contributed by atoms with Gasteiger partial charge in [0.15, 0.2) is 6.61 Å². The van der Waals surface area contributed by atoms with Crippen LogP contribution in [0.4, 0.5) is 5.69 Å². The van der Waals surface area contributed by atoms with Crippen molar-refractivity contribution in [2.24, 2.45) is 5.92 Å². The maximum Gasteiger partial charge on any atom is 0.262 e. The van der Waals surface area contributed by atoms with Crippen molar-refractivity contribution in [3.8, 4) is 5.75 Å². The molecule has 2 aromatic rings. The van der Waals surface area contributed by atoms with Gasteiger partial charge in [0.05, 0.1) is 5.69 Å². The van der Waals surface area contributed by atoms with Gasteiger partial charge in [0, 0.05) is 18.7 Å². The second-order valence-electron chi connectivity index (χ2n) is 7.02. The van der Waals surface area contributed by atoms with E-state index in [9.17, 15) is 9.59 Å². The van der Waals surface area contributed by atoms with Crippen LogP contribution in [0, 0.1) is 5.92 Å². The van der Waals surface area contributed by atoms with Crippen molar-refractivity contribution in [3.05, 3.63) is 59.7 Å². The first-order chi connectivity index (χ1) is 12.7. The fraction of sp³-hybridized carbons (Fsp3) is 0.333. The Hall–Kier alpha value is -2.82. The molecule has 0 radical (unpaired) electrons. The smallest absolute Gasteiger partial charge is 0.262 e. The summed E-state index contributed by atoms with van der Waals surface area (Å²) in [6, 6.07) is 15.3. The number of hydrogen-bond acceptors (Lipinski definition) is 3. The van der Waals surface area contributed by atoms with Gasteiger partial charge in [-0.25, -0.2) is 0 Å². The average Bonchev–Trinajstić information content (AvgIpc) is 2.63. The van der Waals surface area contributed by atoms with E-state index in [4.69, 9.17) is 4.74 Å². The molecule has 26 heavy (non-hydrogen) atoms. The van der Waals surface area contributed by atoms with Gasteiger partial charge in [0.25, 0.3) is 11.8 Å². The van der Waals surface area contributed by atoms with E-state index in [0.717, 1.165) is 12.1 Å². The molecule has 0 unspecified atom stereocenters. The summed E-state index contributed by atoms with van der Waals surface area (Å²) in [5.74, 6) is 0.978. The molecule has 0 saturated heterocycles. The summed E-state index contributed by atoms with van der Waals surface area (Å²) >= 11 is 0. The highest BCUT2D eigenvalue weighted by Gasteiger charge is 2.26. The standard InChI is InChI=1S/C21H22N2O3/c24-20-14-26-19-11-17(9-10-18(19)22-20)21(25)23(13-16-7-4-8-16)12-15-5-2-1-3-6-15/h1-3,5-6,9-11,16H,4,7-8,12-14H2,(H,22,24). The summed E-state index contributed by atoms with van der Waals surface area (Å²) in [4.78, 5) is 26.5. The summed E-state index contributed by atoms with van der Waals surface area (Å²) in [7, 11) is 0. The van der Waals surface area contributed by atoms with Crippen molar-refractivity contribution in [2.75, 3.05) is 18.5 Å². The second kappa shape index (κ2) is 7.20. The predicted molar refractivity (Wildman–Crippen MR) is 99.1 cm³/mol. The van der Waals surface area contributed by atoms with Crippen molar-refractivity contribution in [3.63, 3.8) is 0 Å². The molecule has 1 saturated carbocycles. The number of amides is 2. The number of benzene rings is 2. The predicted octanol–water partition coefficient (Wildman–Crippen LogP) is 3.46. The van der Waals surface area contributed by atoms with E-state index in [1.165, 1.54) is 19.3 Å². The monoisotopic (exact) mass is 350 g/mol. The SMILES string of the molecule is O=C1COc2cc(C(=O)N(Cc3ccccc3)CC3CCC3)ccc2N1. The van der Waals surface area contributed by atoms with E-state index in [1.54, 1.807) is 18.2 Å². The van der Waals surface area contributed by atoms with Gasteiger partial charge in [-0.15, -0.1) is 0 Å². The van der Waals surface area contributed by atoms with Gasteiger partial charge in [-0.3, -0.25) is 9.59 Å². The summed E-state index contributed by atoms with van der Waals surface area (Å²) in [5.41, 5.74) is 2.34. The zero-order valence-electron chi connectivity index (χ0n) is 14.6. The lowest BCUT2D eigenvalue weighted by Crippen LogP contribution is -2.37. The van der Waals surface area contributed by atoms with Crippen LogP contribution in [-0.2, 0) is 11.3 Å². The number of nitrogens with one attached hydrogen (secondary N) is 1. The van der Waals surface area contributed by atoms with E-state index < -0.39 is 0 Å². The van der Waals surface area contributed by atoms with Crippen LogP contribution in [0.2, 0.25) is 0 Å². The highest BCUT2D eigenvalue weighted by atomic mass is 16.5. The van der Waals surface area contributed by atoms with E-state index in [-0.39, 0.29) is 18.4 Å². The maximum absolute atomic E-state index is 13.2. The third-order valence-corrected chi connectivity index (χ3v) is 5.07. The first-order valence-electron chi connectivity index (χ1n) is 9.09. The Labute approximate surface area is 153 Å². The molecule has 2 amide bonds. The van der Waals surface area contributed by atoms with Crippen molar-refractivity contribution in [2.45, 2.75) is 25.8 Å². The van der Waals surface area contributed by atoms with Crippen LogP contribution in [0.15, 0.2) is 48.5 Å². The third kappa shape index (κ3) is 3.57. The summed E-state index contributed by atoms with van der Waals surface area (Å²) in [5, 5.41) is 2.76. The number of fused-ring (bicyclic) bond motifs is 1. The van der Waals surface area contributed by atoms with Crippen LogP contribution in [0.1, 0.15) is 35.2 Å². The van der Waals surface area contributed by atoms with Crippen LogP contribution < -0.4 is 10.1 Å². The molecule has 4 rings (SSSR count). The van der Waals surface area contributed by atoms with Gasteiger partial charge in [0.2, 0.25) is 0 Å². The van der Waals surface area contributed by atoms with Crippen LogP contribution in [0.3, 0.4) is 0 Å². The van der Waals surface area contributed by atoms with Crippen molar-refractivity contribution >= 4 is 17.5 Å². The Morgan fingerprint density at radius 3 is 2.69 bits per heavy atom. The minimum absolute atomic E-state index is 0.00375. The van der Waals surface area contributed by atoms with E-state index in [0.29, 0.717) is 29.5 Å². The van der Waals surface area contributed by atoms with Crippen LogP contribution in [-0.4, -0.2) is 29.9 Å². The molecular weight excluding hydrogens is 328 g/mol. The fourth-order valence-corrected chi connectivity index (χ4v) is 3.40. The zero-order valence-corrected chi connectivity index (χ0v) is 14.6. The molecule has 5 heteroatoms. The zero-order chi connectivity index (χ0) is 17.9. The number of ether oxygens (including phenoxy) is 1. The molecule has 0 bridgehead atoms. The van der Waals surface area contributed by atoms with Gasteiger partial charge >= 0.3 is 0 Å². The Morgan fingerprint density at radius 1 is 1.15 bits per heavy atom. The van der Waals surface area contributed by atoms with E-state index in [1.807, 2.05) is 35.2 Å². The van der Waals surface area contributed by atoms with Crippen molar-refractivity contribution in [1.29, 1.82) is 0 Å². The largest absolute Gasteiger partial charge is 0.482 e.